The predicted octanol–water partition coefficient (Wildman–Crippen LogP) is 4.14. The summed E-state index contributed by atoms with van der Waals surface area (Å²) >= 11 is 0. The van der Waals surface area contributed by atoms with Gasteiger partial charge in [-0.25, -0.2) is 0 Å². The maximum absolute atomic E-state index is 13.2. The lowest BCUT2D eigenvalue weighted by Crippen LogP contribution is -2.30. The number of ether oxygens (including phenoxy) is 2. The van der Waals surface area contributed by atoms with Gasteiger partial charge in [0.05, 0.1) is 27.0 Å². The highest BCUT2D eigenvalue weighted by Gasteiger charge is 2.20. The maximum atomic E-state index is 13.2. The van der Waals surface area contributed by atoms with Gasteiger partial charge < -0.3 is 18.8 Å². The second kappa shape index (κ2) is 7.57. The molecule has 0 aliphatic carbocycles. The van der Waals surface area contributed by atoms with Crippen LogP contribution in [-0.2, 0) is 6.54 Å². The first-order valence-corrected chi connectivity index (χ1v) is 7.83. The Kier molecular flexibility index (Phi) is 5.04. The number of anilines is 1. The molecule has 0 unspecified atom stereocenters. The van der Waals surface area contributed by atoms with Crippen molar-refractivity contribution in [3.63, 3.8) is 0 Å². The van der Waals surface area contributed by atoms with Crippen LogP contribution in [0.25, 0.3) is 0 Å². The van der Waals surface area contributed by atoms with Gasteiger partial charge in [0.15, 0.2) is 0 Å². The number of hydrogen-bond donors (Lipinski definition) is 0. The fourth-order valence-corrected chi connectivity index (χ4v) is 2.53. The van der Waals surface area contributed by atoms with Crippen LogP contribution in [0.15, 0.2) is 71.3 Å². The van der Waals surface area contributed by atoms with Gasteiger partial charge in [-0.05, 0) is 36.4 Å². The molecule has 0 spiro atoms. The van der Waals surface area contributed by atoms with Gasteiger partial charge in [0.1, 0.15) is 17.3 Å². The first-order chi connectivity index (χ1) is 12.2. The molecule has 1 heterocycles. The van der Waals surface area contributed by atoms with Gasteiger partial charge in [-0.3, -0.25) is 4.79 Å². The molecular formula is C20H19NO4. The number of para-hydroxylation sites is 1. The molecule has 1 aromatic heterocycles. The molecule has 0 fully saturated rings. The van der Waals surface area contributed by atoms with Gasteiger partial charge in [0, 0.05) is 17.3 Å². The highest BCUT2D eigenvalue weighted by molar-refractivity contribution is 6.06. The van der Waals surface area contributed by atoms with Gasteiger partial charge in [-0.1, -0.05) is 18.2 Å². The van der Waals surface area contributed by atoms with Crippen molar-refractivity contribution >= 4 is 11.6 Å². The Bertz CT molecular complexity index is 806. The largest absolute Gasteiger partial charge is 0.497 e. The Morgan fingerprint density at radius 1 is 0.960 bits per heavy atom. The molecule has 3 rings (SSSR count). The standard InChI is InChI=1S/C20H19NO4/c1-23-18-11-15(12-19(13-18)24-2)20(22)21(14-17-9-6-10-25-17)16-7-4-3-5-8-16/h3-13H,14H2,1-2H3. The van der Waals surface area contributed by atoms with Crippen molar-refractivity contribution in [3.8, 4) is 11.5 Å². The third kappa shape index (κ3) is 3.83. The van der Waals surface area contributed by atoms with Crippen molar-refractivity contribution in [2.45, 2.75) is 6.54 Å². The molecule has 5 nitrogen and oxygen atoms in total. The van der Waals surface area contributed by atoms with E-state index >= 15 is 0 Å². The van der Waals surface area contributed by atoms with E-state index in [1.54, 1.807) is 49.6 Å². The van der Waals surface area contributed by atoms with Crippen LogP contribution in [-0.4, -0.2) is 20.1 Å². The summed E-state index contributed by atoms with van der Waals surface area (Å²) < 4.78 is 16.0. The van der Waals surface area contributed by atoms with Crippen molar-refractivity contribution in [1.29, 1.82) is 0 Å². The molecule has 0 aliphatic heterocycles. The zero-order chi connectivity index (χ0) is 17.6. The van der Waals surface area contributed by atoms with Gasteiger partial charge in [-0.15, -0.1) is 0 Å². The molecule has 3 aromatic rings. The fourth-order valence-electron chi connectivity index (χ4n) is 2.53. The number of amides is 1. The SMILES string of the molecule is COc1cc(OC)cc(C(=O)N(Cc2ccco2)c2ccccc2)c1. The van der Waals surface area contributed by atoms with Crippen molar-refractivity contribution in [2.24, 2.45) is 0 Å². The first kappa shape index (κ1) is 16.6. The van der Waals surface area contributed by atoms with E-state index in [2.05, 4.69) is 0 Å². The van der Waals surface area contributed by atoms with Crippen molar-refractivity contribution < 1.29 is 18.7 Å². The second-order valence-corrected chi connectivity index (χ2v) is 5.41. The van der Waals surface area contributed by atoms with E-state index in [1.165, 1.54) is 0 Å². The average molecular weight is 337 g/mol. The van der Waals surface area contributed by atoms with Crippen molar-refractivity contribution in [3.05, 3.63) is 78.3 Å². The molecule has 1 amide bonds. The second-order valence-electron chi connectivity index (χ2n) is 5.41. The Balaban J connectivity index is 1.99. The topological polar surface area (TPSA) is 51.9 Å². The molecule has 0 radical (unpaired) electrons. The predicted molar refractivity (Wildman–Crippen MR) is 95.2 cm³/mol. The third-order valence-electron chi connectivity index (χ3n) is 3.81. The summed E-state index contributed by atoms with van der Waals surface area (Å²) in [6.45, 7) is 0.329. The minimum atomic E-state index is -0.167. The van der Waals surface area contributed by atoms with E-state index in [0.29, 0.717) is 29.4 Å². The summed E-state index contributed by atoms with van der Waals surface area (Å²) in [6.07, 6.45) is 1.59. The zero-order valence-corrected chi connectivity index (χ0v) is 14.1. The molecule has 0 saturated carbocycles. The highest BCUT2D eigenvalue weighted by Crippen LogP contribution is 2.26. The Morgan fingerprint density at radius 3 is 2.20 bits per heavy atom. The van der Waals surface area contributed by atoms with Crippen LogP contribution in [0.2, 0.25) is 0 Å². The van der Waals surface area contributed by atoms with Crippen LogP contribution >= 0.6 is 0 Å². The Hall–Kier alpha value is -3.21. The Labute approximate surface area is 146 Å². The summed E-state index contributed by atoms with van der Waals surface area (Å²) in [4.78, 5) is 14.8. The Morgan fingerprint density at radius 2 is 1.64 bits per heavy atom. The van der Waals surface area contributed by atoms with E-state index in [0.717, 1.165) is 5.69 Å². The molecule has 0 N–H and O–H groups in total. The van der Waals surface area contributed by atoms with Crippen LogP contribution in [0.5, 0.6) is 11.5 Å². The van der Waals surface area contributed by atoms with E-state index in [1.807, 2.05) is 36.4 Å². The number of methoxy groups -OCH3 is 2. The molecule has 0 bridgehead atoms. The van der Waals surface area contributed by atoms with Gasteiger partial charge in [0.25, 0.3) is 5.91 Å². The number of hydrogen-bond acceptors (Lipinski definition) is 4. The third-order valence-corrected chi connectivity index (χ3v) is 3.81. The van der Waals surface area contributed by atoms with E-state index in [-0.39, 0.29) is 5.91 Å². The fraction of sp³-hybridized carbons (Fsp3) is 0.150. The summed E-state index contributed by atoms with van der Waals surface area (Å²) in [7, 11) is 3.11. The monoisotopic (exact) mass is 337 g/mol. The molecule has 0 saturated heterocycles. The molecule has 0 aliphatic rings. The normalized spacial score (nSPS) is 10.3. The number of rotatable bonds is 6. The lowest BCUT2D eigenvalue weighted by atomic mass is 10.1. The summed E-state index contributed by atoms with van der Waals surface area (Å²) in [5.74, 6) is 1.66. The van der Waals surface area contributed by atoms with Crippen LogP contribution in [0.1, 0.15) is 16.1 Å². The van der Waals surface area contributed by atoms with Gasteiger partial charge in [-0.2, -0.15) is 0 Å². The zero-order valence-electron chi connectivity index (χ0n) is 14.1. The molecule has 2 aromatic carbocycles. The molecule has 128 valence electrons. The molecule has 0 atom stereocenters. The van der Waals surface area contributed by atoms with Crippen LogP contribution < -0.4 is 14.4 Å². The number of benzene rings is 2. The number of furan rings is 1. The van der Waals surface area contributed by atoms with Gasteiger partial charge in [0.2, 0.25) is 0 Å². The average Bonchev–Trinajstić information content (AvgIpc) is 3.19. The maximum Gasteiger partial charge on any atom is 0.258 e. The van der Waals surface area contributed by atoms with Crippen LogP contribution in [0.4, 0.5) is 5.69 Å². The minimum Gasteiger partial charge on any atom is -0.497 e. The van der Waals surface area contributed by atoms with E-state index in [4.69, 9.17) is 13.9 Å². The minimum absolute atomic E-state index is 0.167. The highest BCUT2D eigenvalue weighted by atomic mass is 16.5. The lowest BCUT2D eigenvalue weighted by molar-refractivity contribution is 0.0982. The van der Waals surface area contributed by atoms with Crippen LogP contribution in [0.3, 0.4) is 0 Å². The van der Waals surface area contributed by atoms with E-state index < -0.39 is 0 Å². The summed E-state index contributed by atoms with van der Waals surface area (Å²) in [5.41, 5.74) is 1.26. The lowest BCUT2D eigenvalue weighted by Gasteiger charge is -2.22. The summed E-state index contributed by atoms with van der Waals surface area (Å²) in [6, 6.07) is 18.2. The van der Waals surface area contributed by atoms with Crippen molar-refractivity contribution in [1.82, 2.24) is 0 Å². The quantitative estimate of drug-likeness (QED) is 0.678. The van der Waals surface area contributed by atoms with Crippen molar-refractivity contribution in [2.75, 3.05) is 19.1 Å². The smallest absolute Gasteiger partial charge is 0.258 e. The molecule has 25 heavy (non-hydrogen) atoms. The van der Waals surface area contributed by atoms with Gasteiger partial charge >= 0.3 is 0 Å². The molecule has 5 heteroatoms. The first-order valence-electron chi connectivity index (χ1n) is 7.83. The number of carbonyl (C=O) groups is 1. The summed E-state index contributed by atoms with van der Waals surface area (Å²) in [5, 5.41) is 0. The van der Waals surface area contributed by atoms with Crippen LogP contribution in [0, 0.1) is 0 Å². The molecular weight excluding hydrogens is 318 g/mol. The number of nitrogens with zero attached hydrogens (tertiary/aromatic N) is 1. The van der Waals surface area contributed by atoms with E-state index in [9.17, 15) is 4.79 Å². The number of carbonyl (C=O) groups excluding carboxylic acids is 1.